The van der Waals surface area contributed by atoms with Crippen LogP contribution in [0.25, 0.3) is 0 Å². The minimum Gasteiger partial charge on any atom is -0.544 e. The Kier molecular flexibility index (Phi) is 2.57. The average Bonchev–Trinajstić information content (AvgIpc) is 1.91. The Morgan fingerprint density at radius 1 is 1.08 bits per heavy atom. The van der Waals surface area contributed by atoms with E-state index in [9.17, 15) is 0 Å². The lowest BCUT2D eigenvalue weighted by molar-refractivity contribution is 0.553. The maximum atomic E-state index is 5.87. The first-order valence-electron chi connectivity index (χ1n) is 4.24. The van der Waals surface area contributed by atoms with Crippen molar-refractivity contribution < 1.29 is 4.43 Å². The lowest BCUT2D eigenvalue weighted by atomic mass is 10.2. The second kappa shape index (κ2) is 3.31. The molecule has 12 heavy (non-hydrogen) atoms. The zero-order chi connectivity index (χ0) is 9.19. The van der Waals surface area contributed by atoms with Crippen LogP contribution in [-0.4, -0.2) is 8.32 Å². The highest BCUT2D eigenvalue weighted by molar-refractivity contribution is 6.70. The molecule has 2 heteroatoms. The van der Waals surface area contributed by atoms with Crippen molar-refractivity contribution in [2.45, 2.75) is 26.6 Å². The summed E-state index contributed by atoms with van der Waals surface area (Å²) in [6.45, 7) is 8.66. The molecule has 0 unspecified atom stereocenters. The molecule has 66 valence electrons. The molecule has 0 aromatic heterocycles. The van der Waals surface area contributed by atoms with Crippen molar-refractivity contribution >= 4 is 8.32 Å². The Morgan fingerprint density at radius 2 is 1.67 bits per heavy atom. The van der Waals surface area contributed by atoms with E-state index in [-0.39, 0.29) is 0 Å². The first kappa shape index (κ1) is 9.33. The van der Waals surface area contributed by atoms with Crippen LogP contribution in [0.1, 0.15) is 5.56 Å². The van der Waals surface area contributed by atoms with E-state index in [1.165, 1.54) is 5.56 Å². The van der Waals surface area contributed by atoms with E-state index in [2.05, 4.69) is 32.6 Å². The molecule has 0 bridgehead atoms. The third-order valence-corrected chi connectivity index (χ3v) is 2.34. The minimum atomic E-state index is -1.43. The molecule has 0 radical (unpaired) electrons. The minimum absolute atomic E-state index is 1.04. The van der Waals surface area contributed by atoms with Gasteiger partial charge in [0.15, 0.2) is 0 Å². The van der Waals surface area contributed by atoms with E-state index in [0.29, 0.717) is 0 Å². The van der Waals surface area contributed by atoms with Gasteiger partial charge in [-0.3, -0.25) is 0 Å². The largest absolute Gasteiger partial charge is 0.544 e. The van der Waals surface area contributed by atoms with Crippen LogP contribution in [0.4, 0.5) is 0 Å². The summed E-state index contributed by atoms with van der Waals surface area (Å²) in [4.78, 5) is 0. The van der Waals surface area contributed by atoms with Gasteiger partial charge in [0.1, 0.15) is 5.75 Å². The molecule has 0 aliphatic rings. The Hall–Kier alpha value is -0.763. The normalized spacial score (nSPS) is 11.3. The Bertz CT molecular complexity index is 263. The van der Waals surface area contributed by atoms with Crippen molar-refractivity contribution in [1.29, 1.82) is 0 Å². The van der Waals surface area contributed by atoms with E-state index in [4.69, 9.17) is 4.43 Å². The summed E-state index contributed by atoms with van der Waals surface area (Å²) < 4.78 is 5.87. The number of aryl methyl sites for hydroxylation is 1. The van der Waals surface area contributed by atoms with E-state index in [1.807, 2.05) is 18.2 Å². The second-order valence-corrected chi connectivity index (χ2v) is 8.41. The van der Waals surface area contributed by atoms with Crippen LogP contribution in [0, 0.1) is 6.92 Å². The van der Waals surface area contributed by atoms with Gasteiger partial charge in [0.25, 0.3) is 0 Å². The number of para-hydroxylation sites is 1. The first-order valence-corrected chi connectivity index (χ1v) is 7.64. The Labute approximate surface area is 75.5 Å². The molecule has 1 nitrogen and oxygen atoms in total. The van der Waals surface area contributed by atoms with Gasteiger partial charge in [0.2, 0.25) is 8.32 Å². The molecule has 0 saturated carbocycles. The lowest BCUT2D eigenvalue weighted by Crippen LogP contribution is -2.29. The topological polar surface area (TPSA) is 9.23 Å². The van der Waals surface area contributed by atoms with Crippen molar-refractivity contribution in [1.82, 2.24) is 0 Å². The summed E-state index contributed by atoms with van der Waals surface area (Å²) in [6.07, 6.45) is 0. The fourth-order valence-electron chi connectivity index (χ4n) is 1.00. The standard InChI is InChI=1S/C10H16OSi/c1-9-7-5-6-8-10(9)11-12(2,3)4/h5-8H,1-4H3. The molecule has 0 amide bonds. The molecule has 0 spiro atoms. The molecular formula is C10H16OSi. The summed E-state index contributed by atoms with van der Waals surface area (Å²) in [6, 6.07) is 8.16. The van der Waals surface area contributed by atoms with Gasteiger partial charge in [-0.05, 0) is 38.2 Å². The molecule has 1 aromatic carbocycles. The molecule has 1 aromatic rings. The van der Waals surface area contributed by atoms with Crippen LogP contribution >= 0.6 is 0 Å². The van der Waals surface area contributed by atoms with Gasteiger partial charge in [-0.15, -0.1) is 0 Å². The SMILES string of the molecule is Cc1ccccc1O[Si](C)(C)C. The van der Waals surface area contributed by atoms with Gasteiger partial charge in [0, 0.05) is 0 Å². The monoisotopic (exact) mass is 180 g/mol. The number of hydrogen-bond acceptors (Lipinski definition) is 1. The van der Waals surface area contributed by atoms with Crippen LogP contribution in [-0.2, 0) is 0 Å². The van der Waals surface area contributed by atoms with E-state index >= 15 is 0 Å². The average molecular weight is 180 g/mol. The van der Waals surface area contributed by atoms with Gasteiger partial charge < -0.3 is 4.43 Å². The second-order valence-electron chi connectivity index (χ2n) is 3.98. The van der Waals surface area contributed by atoms with Crippen molar-refractivity contribution in [2.24, 2.45) is 0 Å². The van der Waals surface area contributed by atoms with E-state index < -0.39 is 8.32 Å². The van der Waals surface area contributed by atoms with Crippen molar-refractivity contribution in [3.8, 4) is 5.75 Å². The Morgan fingerprint density at radius 3 is 2.17 bits per heavy atom. The van der Waals surface area contributed by atoms with Crippen LogP contribution in [0.2, 0.25) is 19.6 Å². The van der Waals surface area contributed by atoms with Crippen LogP contribution in [0.15, 0.2) is 24.3 Å². The fraction of sp³-hybridized carbons (Fsp3) is 0.400. The third-order valence-electron chi connectivity index (χ3n) is 1.51. The fourth-order valence-corrected chi connectivity index (χ4v) is 1.89. The molecule has 0 saturated heterocycles. The molecule has 0 heterocycles. The summed E-state index contributed by atoms with van der Waals surface area (Å²) in [7, 11) is -1.43. The molecule has 1 rings (SSSR count). The highest BCUT2D eigenvalue weighted by Gasteiger charge is 2.16. The molecule has 0 aliphatic carbocycles. The molecule has 0 atom stereocenters. The number of benzene rings is 1. The van der Waals surface area contributed by atoms with Crippen molar-refractivity contribution in [3.05, 3.63) is 29.8 Å². The summed E-state index contributed by atoms with van der Waals surface area (Å²) in [5.74, 6) is 1.04. The van der Waals surface area contributed by atoms with E-state index in [0.717, 1.165) is 5.75 Å². The maximum Gasteiger partial charge on any atom is 0.242 e. The quantitative estimate of drug-likeness (QED) is 0.635. The Balaban J connectivity index is 2.83. The first-order chi connectivity index (χ1) is 5.49. The van der Waals surface area contributed by atoms with Crippen LogP contribution in [0.5, 0.6) is 5.75 Å². The summed E-state index contributed by atoms with van der Waals surface area (Å²) in [5, 5.41) is 0. The smallest absolute Gasteiger partial charge is 0.242 e. The van der Waals surface area contributed by atoms with Crippen molar-refractivity contribution in [2.75, 3.05) is 0 Å². The molecule has 0 N–H and O–H groups in total. The highest BCUT2D eigenvalue weighted by Crippen LogP contribution is 2.19. The van der Waals surface area contributed by atoms with Crippen molar-refractivity contribution in [3.63, 3.8) is 0 Å². The van der Waals surface area contributed by atoms with Gasteiger partial charge in [0.05, 0.1) is 0 Å². The van der Waals surface area contributed by atoms with Gasteiger partial charge in [-0.1, -0.05) is 18.2 Å². The molecule has 0 aliphatic heterocycles. The molecular weight excluding hydrogens is 164 g/mol. The van der Waals surface area contributed by atoms with Crippen LogP contribution in [0.3, 0.4) is 0 Å². The predicted molar refractivity (Wildman–Crippen MR) is 55.2 cm³/mol. The van der Waals surface area contributed by atoms with Gasteiger partial charge in [-0.25, -0.2) is 0 Å². The van der Waals surface area contributed by atoms with Gasteiger partial charge in [-0.2, -0.15) is 0 Å². The van der Waals surface area contributed by atoms with Gasteiger partial charge >= 0.3 is 0 Å². The lowest BCUT2D eigenvalue weighted by Gasteiger charge is -2.20. The summed E-state index contributed by atoms with van der Waals surface area (Å²) in [5.41, 5.74) is 1.22. The highest BCUT2D eigenvalue weighted by atomic mass is 28.4. The predicted octanol–water partition coefficient (Wildman–Crippen LogP) is 3.21. The zero-order valence-electron chi connectivity index (χ0n) is 8.22. The van der Waals surface area contributed by atoms with E-state index in [1.54, 1.807) is 0 Å². The number of hydrogen-bond donors (Lipinski definition) is 0. The maximum absolute atomic E-state index is 5.87. The van der Waals surface area contributed by atoms with Crippen LogP contribution < -0.4 is 4.43 Å². The molecule has 0 fully saturated rings. The third kappa shape index (κ3) is 2.70. The number of rotatable bonds is 2. The zero-order valence-corrected chi connectivity index (χ0v) is 9.22. The summed E-state index contributed by atoms with van der Waals surface area (Å²) >= 11 is 0.